The van der Waals surface area contributed by atoms with Crippen LogP contribution in [0.25, 0.3) is 11.0 Å². The van der Waals surface area contributed by atoms with E-state index in [1.165, 1.54) is 0 Å². The van der Waals surface area contributed by atoms with Crippen molar-refractivity contribution in [1.82, 2.24) is 20.2 Å². The topological polar surface area (TPSA) is 76.0 Å². The summed E-state index contributed by atoms with van der Waals surface area (Å²) in [6, 6.07) is 17.6. The van der Waals surface area contributed by atoms with Crippen LogP contribution in [0.15, 0.2) is 54.6 Å². The summed E-state index contributed by atoms with van der Waals surface area (Å²) in [6.07, 6.45) is 0.569. The molecule has 6 nitrogen and oxygen atoms in total. The predicted octanol–water partition coefficient (Wildman–Crippen LogP) is 2.67. The minimum Gasteiger partial charge on any atom is -0.355 e. The van der Waals surface area contributed by atoms with Gasteiger partial charge in [0.1, 0.15) is 12.4 Å². The van der Waals surface area contributed by atoms with Gasteiger partial charge in [-0.3, -0.25) is 9.59 Å². The Morgan fingerprint density at radius 1 is 1.00 bits per heavy atom. The number of imidazole rings is 1. The third-order valence-electron chi connectivity index (χ3n) is 4.54. The first kappa shape index (κ1) is 19.6. The lowest BCUT2D eigenvalue weighted by atomic mass is 10.2. The molecular formula is C22H26N4O2. The Hall–Kier alpha value is -3.15. The van der Waals surface area contributed by atoms with E-state index in [0.29, 0.717) is 19.5 Å². The first-order valence-corrected chi connectivity index (χ1v) is 9.57. The molecule has 0 aliphatic rings. The fraction of sp³-hybridized carbons (Fsp3) is 0.318. The van der Waals surface area contributed by atoms with Gasteiger partial charge in [-0.1, -0.05) is 56.3 Å². The number of benzene rings is 2. The average Bonchev–Trinajstić information content (AvgIpc) is 3.04. The number of carbonyl (C=O) groups excluding carboxylic acids is 2. The van der Waals surface area contributed by atoms with Crippen molar-refractivity contribution >= 4 is 22.8 Å². The van der Waals surface area contributed by atoms with Crippen molar-refractivity contribution in [3.63, 3.8) is 0 Å². The van der Waals surface area contributed by atoms with E-state index in [2.05, 4.69) is 15.6 Å². The molecule has 6 heteroatoms. The summed E-state index contributed by atoms with van der Waals surface area (Å²) >= 11 is 0. The van der Waals surface area contributed by atoms with E-state index in [4.69, 9.17) is 0 Å². The minimum absolute atomic E-state index is 0.0169. The monoisotopic (exact) mass is 378 g/mol. The summed E-state index contributed by atoms with van der Waals surface area (Å²) in [5.41, 5.74) is 2.83. The quantitative estimate of drug-likeness (QED) is 0.633. The number of para-hydroxylation sites is 2. The van der Waals surface area contributed by atoms with Gasteiger partial charge in [-0.2, -0.15) is 0 Å². The maximum Gasteiger partial charge on any atom is 0.240 e. The van der Waals surface area contributed by atoms with E-state index < -0.39 is 0 Å². The predicted molar refractivity (Wildman–Crippen MR) is 110 cm³/mol. The summed E-state index contributed by atoms with van der Waals surface area (Å²) in [5, 5.41) is 5.87. The number of fused-ring (bicyclic) bond motifs is 1. The Bertz CT molecular complexity index is 948. The zero-order chi connectivity index (χ0) is 19.9. The highest BCUT2D eigenvalue weighted by molar-refractivity contribution is 5.81. The van der Waals surface area contributed by atoms with Crippen molar-refractivity contribution < 1.29 is 9.59 Å². The van der Waals surface area contributed by atoms with Gasteiger partial charge >= 0.3 is 0 Å². The third-order valence-corrected chi connectivity index (χ3v) is 4.54. The molecule has 0 atom stereocenters. The number of nitrogens with one attached hydrogen (secondary N) is 2. The Balaban J connectivity index is 1.69. The normalized spacial score (nSPS) is 11.0. The van der Waals surface area contributed by atoms with Crippen LogP contribution >= 0.6 is 0 Å². The first-order chi connectivity index (χ1) is 13.5. The molecule has 0 radical (unpaired) electrons. The Morgan fingerprint density at radius 2 is 1.71 bits per heavy atom. The highest BCUT2D eigenvalue weighted by atomic mass is 16.2. The molecule has 0 aliphatic carbocycles. The molecule has 0 spiro atoms. The second-order valence-corrected chi connectivity index (χ2v) is 7.06. The summed E-state index contributed by atoms with van der Waals surface area (Å²) in [7, 11) is 0. The highest BCUT2D eigenvalue weighted by Crippen LogP contribution is 2.16. The van der Waals surface area contributed by atoms with E-state index in [9.17, 15) is 9.59 Å². The molecule has 0 aliphatic heterocycles. The SMILES string of the molecule is CC(C)C(=O)NCCc1nc2ccccc2n1CC(=O)NCc1ccccc1. The van der Waals surface area contributed by atoms with Gasteiger partial charge in [0, 0.05) is 25.4 Å². The van der Waals surface area contributed by atoms with Crippen molar-refractivity contribution in [3.8, 4) is 0 Å². The Morgan fingerprint density at radius 3 is 2.46 bits per heavy atom. The zero-order valence-corrected chi connectivity index (χ0v) is 16.3. The van der Waals surface area contributed by atoms with Crippen molar-refractivity contribution in [3.05, 3.63) is 66.0 Å². The molecule has 28 heavy (non-hydrogen) atoms. The smallest absolute Gasteiger partial charge is 0.240 e. The molecule has 3 aromatic rings. The molecule has 0 unspecified atom stereocenters. The average molecular weight is 378 g/mol. The van der Waals surface area contributed by atoms with Crippen molar-refractivity contribution in [1.29, 1.82) is 0 Å². The van der Waals surface area contributed by atoms with Crippen LogP contribution < -0.4 is 10.6 Å². The van der Waals surface area contributed by atoms with E-state index in [-0.39, 0.29) is 24.3 Å². The molecule has 2 N–H and O–H groups in total. The van der Waals surface area contributed by atoms with Gasteiger partial charge in [0.05, 0.1) is 11.0 Å². The van der Waals surface area contributed by atoms with Crippen LogP contribution in [0.5, 0.6) is 0 Å². The van der Waals surface area contributed by atoms with E-state index >= 15 is 0 Å². The Kier molecular flexibility index (Phi) is 6.42. The second kappa shape index (κ2) is 9.17. The van der Waals surface area contributed by atoms with Crippen molar-refractivity contribution in [2.45, 2.75) is 33.4 Å². The maximum absolute atomic E-state index is 12.5. The van der Waals surface area contributed by atoms with Crippen LogP contribution in [0.1, 0.15) is 25.2 Å². The van der Waals surface area contributed by atoms with Gasteiger partial charge in [-0.15, -0.1) is 0 Å². The van der Waals surface area contributed by atoms with Gasteiger partial charge in [0.25, 0.3) is 0 Å². The number of hydrogen-bond acceptors (Lipinski definition) is 3. The van der Waals surface area contributed by atoms with Gasteiger partial charge in [-0.25, -0.2) is 4.98 Å². The molecule has 1 heterocycles. The number of aromatic nitrogens is 2. The van der Waals surface area contributed by atoms with Gasteiger partial charge < -0.3 is 15.2 Å². The van der Waals surface area contributed by atoms with Gasteiger partial charge in [0.15, 0.2) is 0 Å². The number of nitrogens with zero attached hydrogens (tertiary/aromatic N) is 2. The van der Waals surface area contributed by atoms with Gasteiger partial charge in [-0.05, 0) is 17.7 Å². The largest absolute Gasteiger partial charge is 0.355 e. The number of rotatable bonds is 8. The van der Waals surface area contributed by atoms with Crippen molar-refractivity contribution in [2.75, 3.05) is 6.54 Å². The lowest BCUT2D eigenvalue weighted by molar-refractivity contribution is -0.124. The third kappa shape index (κ3) is 4.97. The van der Waals surface area contributed by atoms with Gasteiger partial charge in [0.2, 0.25) is 11.8 Å². The number of amides is 2. The molecule has 146 valence electrons. The fourth-order valence-corrected chi connectivity index (χ4v) is 2.99. The molecule has 2 amide bonds. The van der Waals surface area contributed by atoms with Crippen LogP contribution in [-0.2, 0) is 29.1 Å². The molecule has 1 aromatic heterocycles. The molecule has 2 aromatic carbocycles. The molecule has 0 fully saturated rings. The summed E-state index contributed by atoms with van der Waals surface area (Å²) < 4.78 is 1.93. The fourth-order valence-electron chi connectivity index (χ4n) is 2.99. The van der Waals surface area contributed by atoms with Crippen LogP contribution in [0.3, 0.4) is 0 Å². The Labute approximate surface area is 165 Å². The number of carbonyl (C=O) groups is 2. The van der Waals surface area contributed by atoms with Crippen LogP contribution in [0.4, 0.5) is 0 Å². The molecule has 0 saturated carbocycles. The summed E-state index contributed by atoms with van der Waals surface area (Å²) in [5.74, 6) is 0.686. The van der Waals surface area contributed by atoms with Crippen molar-refractivity contribution in [2.24, 2.45) is 5.92 Å². The first-order valence-electron chi connectivity index (χ1n) is 9.57. The van der Waals surface area contributed by atoms with Crippen LogP contribution in [-0.4, -0.2) is 27.9 Å². The standard InChI is InChI=1S/C22H26N4O2/c1-16(2)22(28)23-13-12-20-25-18-10-6-7-11-19(18)26(20)15-21(27)24-14-17-8-4-3-5-9-17/h3-11,16H,12-15H2,1-2H3,(H,23,28)(H,24,27). The second-order valence-electron chi connectivity index (χ2n) is 7.06. The highest BCUT2D eigenvalue weighted by Gasteiger charge is 2.14. The lowest BCUT2D eigenvalue weighted by Gasteiger charge is -2.11. The van der Waals surface area contributed by atoms with Crippen LogP contribution in [0.2, 0.25) is 0 Å². The lowest BCUT2D eigenvalue weighted by Crippen LogP contribution is -2.31. The molecular weight excluding hydrogens is 352 g/mol. The maximum atomic E-state index is 12.5. The van der Waals surface area contributed by atoms with E-state index in [0.717, 1.165) is 22.4 Å². The molecule has 3 rings (SSSR count). The van der Waals surface area contributed by atoms with Crippen LogP contribution in [0, 0.1) is 5.92 Å². The number of hydrogen-bond donors (Lipinski definition) is 2. The van der Waals surface area contributed by atoms with E-state index in [1.807, 2.05) is 73.0 Å². The zero-order valence-electron chi connectivity index (χ0n) is 16.3. The molecule has 0 bridgehead atoms. The summed E-state index contributed by atoms with van der Waals surface area (Å²) in [6.45, 7) is 4.90. The van der Waals surface area contributed by atoms with E-state index in [1.54, 1.807) is 0 Å². The minimum atomic E-state index is -0.0699. The summed E-state index contributed by atoms with van der Waals surface area (Å²) in [4.78, 5) is 29.0. The molecule has 0 saturated heterocycles.